The van der Waals surface area contributed by atoms with Crippen molar-refractivity contribution in [2.75, 3.05) is 26.2 Å². The van der Waals surface area contributed by atoms with Crippen LogP contribution in [-0.2, 0) is 15.6 Å². The summed E-state index contributed by atoms with van der Waals surface area (Å²) in [4.78, 5) is 30.4. The highest BCUT2D eigenvalue weighted by molar-refractivity contribution is 5.95. The topological polar surface area (TPSA) is 60.9 Å². The fraction of sp³-hybridized carbons (Fsp3) is 0.474. The molecule has 0 radical (unpaired) electrons. The van der Waals surface area contributed by atoms with E-state index in [1.54, 1.807) is 0 Å². The lowest BCUT2D eigenvalue weighted by atomic mass is 9.78. The molecule has 1 aliphatic rings. The summed E-state index contributed by atoms with van der Waals surface area (Å²) in [5, 5.41) is 11.0. The molecule has 6 heteroatoms. The maximum atomic E-state index is 13.6. The number of carbonyl (C=O) groups excluding carboxylic acids is 2. The average Bonchev–Trinajstić information content (AvgIpc) is 2.97. The van der Waals surface area contributed by atoms with E-state index in [0.717, 1.165) is 36.0 Å². The molecular weight excluding hydrogens is 551 g/mol. The molecule has 1 aliphatic heterocycles. The minimum absolute atomic E-state index is 0.0592. The molecule has 3 aromatic carbocycles. The SMILES string of the molecule is Cc1ccc(C(CCCCC(=O)N2CCN(C(=O)c3cc(C(C)(C)C)c(O)c(C(C)(C)C)c3)CC2)c2ccc(F)cc2)cc1. The summed E-state index contributed by atoms with van der Waals surface area (Å²) in [5.74, 6) is 0.242. The zero-order valence-electron chi connectivity index (χ0n) is 27.5. The Hall–Kier alpha value is -3.67. The van der Waals surface area contributed by atoms with Gasteiger partial charge in [-0.1, -0.05) is 89.9 Å². The molecule has 1 fully saturated rings. The first kappa shape index (κ1) is 33.2. The van der Waals surface area contributed by atoms with Gasteiger partial charge in [0.2, 0.25) is 5.91 Å². The molecule has 4 rings (SSSR count). The summed E-state index contributed by atoms with van der Waals surface area (Å²) in [5.41, 5.74) is 4.98. The van der Waals surface area contributed by atoms with Gasteiger partial charge in [0, 0.05) is 55.2 Å². The molecule has 0 bridgehead atoms. The molecule has 3 aromatic rings. The van der Waals surface area contributed by atoms with Crippen LogP contribution in [0.3, 0.4) is 0 Å². The van der Waals surface area contributed by atoms with Gasteiger partial charge in [-0.3, -0.25) is 9.59 Å². The summed E-state index contributed by atoms with van der Waals surface area (Å²) < 4.78 is 13.6. The zero-order valence-corrected chi connectivity index (χ0v) is 27.5. The van der Waals surface area contributed by atoms with E-state index in [0.29, 0.717) is 38.2 Å². The number of rotatable bonds is 8. The fourth-order valence-corrected chi connectivity index (χ4v) is 6.05. The zero-order chi connectivity index (χ0) is 32.2. The van der Waals surface area contributed by atoms with Gasteiger partial charge in [-0.25, -0.2) is 4.39 Å². The van der Waals surface area contributed by atoms with Crippen LogP contribution in [0.1, 0.15) is 111 Å². The number of hydrogen-bond donors (Lipinski definition) is 1. The van der Waals surface area contributed by atoms with Gasteiger partial charge in [0.25, 0.3) is 5.91 Å². The van der Waals surface area contributed by atoms with Crippen molar-refractivity contribution in [1.29, 1.82) is 0 Å². The van der Waals surface area contributed by atoms with Gasteiger partial charge in [-0.15, -0.1) is 0 Å². The number of phenolic OH excluding ortho intramolecular Hbond substituents is 1. The number of amides is 2. The van der Waals surface area contributed by atoms with Crippen LogP contribution in [0.5, 0.6) is 5.75 Å². The molecule has 0 spiro atoms. The molecule has 2 amide bonds. The third-order valence-corrected chi connectivity index (χ3v) is 8.78. The van der Waals surface area contributed by atoms with Crippen LogP contribution in [-0.4, -0.2) is 52.9 Å². The Bertz CT molecular complexity index is 1360. The van der Waals surface area contributed by atoms with E-state index in [2.05, 4.69) is 31.2 Å². The maximum Gasteiger partial charge on any atom is 0.253 e. The molecule has 1 saturated heterocycles. The monoisotopic (exact) mass is 600 g/mol. The van der Waals surface area contributed by atoms with Crippen molar-refractivity contribution in [3.63, 3.8) is 0 Å². The minimum Gasteiger partial charge on any atom is -0.507 e. The molecule has 1 heterocycles. The number of phenols is 1. The van der Waals surface area contributed by atoms with Crippen molar-refractivity contribution in [1.82, 2.24) is 9.80 Å². The maximum absolute atomic E-state index is 13.6. The normalized spacial score (nSPS) is 14.9. The molecule has 5 nitrogen and oxygen atoms in total. The van der Waals surface area contributed by atoms with E-state index in [1.165, 1.54) is 23.3 Å². The summed E-state index contributed by atoms with van der Waals surface area (Å²) >= 11 is 0. The fourth-order valence-electron chi connectivity index (χ4n) is 6.05. The molecular formula is C38H49FN2O3. The number of halogens is 1. The van der Waals surface area contributed by atoms with Crippen molar-refractivity contribution in [2.45, 2.75) is 90.9 Å². The Morgan fingerprint density at radius 2 is 1.25 bits per heavy atom. The third-order valence-electron chi connectivity index (χ3n) is 8.78. The smallest absolute Gasteiger partial charge is 0.253 e. The Labute approximate surface area is 263 Å². The molecule has 0 aromatic heterocycles. The van der Waals surface area contributed by atoms with Gasteiger partial charge in [0.1, 0.15) is 11.6 Å². The lowest BCUT2D eigenvalue weighted by Gasteiger charge is -2.35. The summed E-state index contributed by atoms with van der Waals surface area (Å²) in [6.45, 7) is 16.3. The van der Waals surface area contributed by atoms with Crippen LogP contribution in [0.2, 0.25) is 0 Å². The molecule has 1 N–H and O–H groups in total. The van der Waals surface area contributed by atoms with Crippen molar-refractivity contribution in [3.8, 4) is 5.75 Å². The predicted molar refractivity (Wildman–Crippen MR) is 176 cm³/mol. The van der Waals surface area contributed by atoms with E-state index in [4.69, 9.17) is 0 Å². The molecule has 0 aliphatic carbocycles. The number of piperazine rings is 1. The number of benzene rings is 3. The number of aromatic hydroxyl groups is 1. The van der Waals surface area contributed by atoms with Crippen molar-refractivity contribution in [3.05, 3.63) is 99.9 Å². The first-order valence-corrected chi connectivity index (χ1v) is 15.9. The highest BCUT2D eigenvalue weighted by Gasteiger charge is 2.30. The van der Waals surface area contributed by atoms with Crippen LogP contribution < -0.4 is 0 Å². The Morgan fingerprint density at radius 3 is 1.75 bits per heavy atom. The Balaban J connectivity index is 1.33. The number of nitrogens with zero attached hydrogens (tertiary/aromatic N) is 2. The molecule has 236 valence electrons. The van der Waals surface area contributed by atoms with Gasteiger partial charge in [0.15, 0.2) is 0 Å². The highest BCUT2D eigenvalue weighted by Crippen LogP contribution is 2.40. The van der Waals surface area contributed by atoms with E-state index in [-0.39, 0.29) is 40.1 Å². The third kappa shape index (κ3) is 8.08. The predicted octanol–water partition coefficient (Wildman–Crippen LogP) is 8.11. The van der Waals surface area contributed by atoms with E-state index < -0.39 is 0 Å². The van der Waals surface area contributed by atoms with Crippen LogP contribution in [0.4, 0.5) is 4.39 Å². The number of carbonyl (C=O) groups is 2. The van der Waals surface area contributed by atoms with Crippen molar-refractivity contribution in [2.24, 2.45) is 0 Å². The Kier molecular flexibility index (Phi) is 10.2. The molecule has 0 saturated carbocycles. The second-order valence-corrected chi connectivity index (χ2v) is 14.4. The van der Waals surface area contributed by atoms with Crippen LogP contribution in [0.25, 0.3) is 0 Å². The molecule has 1 unspecified atom stereocenters. The number of aryl methyl sites for hydroxylation is 1. The standard InChI is InChI=1S/C38H49FN2O3/c1-26-12-14-27(15-13-26)31(28-16-18-30(39)19-17-28)10-8-9-11-34(42)40-20-22-41(23-21-40)36(44)29-24-32(37(2,3)4)35(43)33(25-29)38(5,6)7/h12-19,24-25,31,43H,8-11,20-23H2,1-7H3. The van der Waals surface area contributed by atoms with E-state index in [9.17, 15) is 19.1 Å². The second kappa shape index (κ2) is 13.5. The first-order chi connectivity index (χ1) is 20.6. The largest absolute Gasteiger partial charge is 0.507 e. The average molecular weight is 601 g/mol. The summed E-state index contributed by atoms with van der Waals surface area (Å²) in [7, 11) is 0. The van der Waals surface area contributed by atoms with E-state index >= 15 is 0 Å². The van der Waals surface area contributed by atoms with Crippen LogP contribution >= 0.6 is 0 Å². The van der Waals surface area contributed by atoms with Crippen molar-refractivity contribution >= 4 is 11.8 Å². The number of unbranched alkanes of at least 4 members (excludes halogenated alkanes) is 1. The van der Waals surface area contributed by atoms with Crippen molar-refractivity contribution < 1.29 is 19.1 Å². The quantitative estimate of drug-likeness (QED) is 0.266. The van der Waals surface area contributed by atoms with Gasteiger partial charge in [-0.05, 0) is 66.0 Å². The van der Waals surface area contributed by atoms with Gasteiger partial charge < -0.3 is 14.9 Å². The highest BCUT2D eigenvalue weighted by atomic mass is 19.1. The lowest BCUT2D eigenvalue weighted by Crippen LogP contribution is -2.50. The second-order valence-electron chi connectivity index (χ2n) is 14.4. The molecule has 1 atom stereocenters. The van der Waals surface area contributed by atoms with Gasteiger partial charge in [0.05, 0.1) is 0 Å². The van der Waals surface area contributed by atoms with Crippen LogP contribution in [0.15, 0.2) is 60.7 Å². The first-order valence-electron chi connectivity index (χ1n) is 15.9. The van der Waals surface area contributed by atoms with E-state index in [1.807, 2.05) is 75.6 Å². The summed E-state index contributed by atoms with van der Waals surface area (Å²) in [6, 6.07) is 18.9. The van der Waals surface area contributed by atoms with Gasteiger partial charge in [-0.2, -0.15) is 0 Å². The van der Waals surface area contributed by atoms with Crippen LogP contribution in [0, 0.1) is 12.7 Å². The summed E-state index contributed by atoms with van der Waals surface area (Å²) in [6.07, 6.45) is 3.01. The Morgan fingerprint density at radius 1 is 0.773 bits per heavy atom. The van der Waals surface area contributed by atoms with Gasteiger partial charge >= 0.3 is 0 Å². The molecule has 44 heavy (non-hydrogen) atoms. The minimum atomic E-state index is -0.315. The number of hydrogen-bond acceptors (Lipinski definition) is 3. The lowest BCUT2D eigenvalue weighted by molar-refractivity contribution is -0.132.